The first-order valence-electron chi connectivity index (χ1n) is 5.16. The van der Waals surface area contributed by atoms with Crippen molar-refractivity contribution in [2.24, 2.45) is 0 Å². The van der Waals surface area contributed by atoms with Crippen molar-refractivity contribution in [3.8, 4) is 5.75 Å². The van der Waals surface area contributed by atoms with Crippen molar-refractivity contribution in [1.82, 2.24) is 10.2 Å². The van der Waals surface area contributed by atoms with E-state index in [0.29, 0.717) is 0 Å². The Labute approximate surface area is 88.5 Å². The van der Waals surface area contributed by atoms with Crippen LogP contribution in [0.15, 0.2) is 18.2 Å². The first-order valence-corrected chi connectivity index (χ1v) is 5.16. The molecule has 15 heavy (non-hydrogen) atoms. The topological polar surface area (TPSA) is 35.5 Å². The fraction of sp³-hybridized carbons (Fsp3) is 0.455. The van der Waals surface area contributed by atoms with Crippen LogP contribution in [0, 0.1) is 5.82 Å². The highest BCUT2D eigenvalue weighted by Crippen LogP contribution is 2.17. The van der Waals surface area contributed by atoms with Crippen molar-refractivity contribution in [2.45, 2.75) is 6.54 Å². The minimum Gasteiger partial charge on any atom is -0.505 e. The van der Waals surface area contributed by atoms with Gasteiger partial charge < -0.3 is 10.4 Å². The lowest BCUT2D eigenvalue weighted by molar-refractivity contribution is 0.233. The number of hydrogen-bond acceptors (Lipinski definition) is 3. The van der Waals surface area contributed by atoms with E-state index in [0.717, 1.165) is 38.3 Å². The number of phenols is 1. The molecular formula is C11H15FN2O. The van der Waals surface area contributed by atoms with Crippen LogP contribution in [0.25, 0.3) is 0 Å². The van der Waals surface area contributed by atoms with Gasteiger partial charge in [-0.05, 0) is 17.7 Å². The van der Waals surface area contributed by atoms with Crippen LogP contribution in [0.1, 0.15) is 5.56 Å². The molecule has 0 amide bonds. The lowest BCUT2D eigenvalue weighted by Crippen LogP contribution is -2.42. The first-order chi connectivity index (χ1) is 7.25. The Bertz CT molecular complexity index is 337. The predicted molar refractivity (Wildman–Crippen MR) is 56.2 cm³/mol. The minimum absolute atomic E-state index is 0.279. The van der Waals surface area contributed by atoms with Gasteiger partial charge in [-0.2, -0.15) is 0 Å². The largest absolute Gasteiger partial charge is 0.505 e. The minimum atomic E-state index is -0.539. The van der Waals surface area contributed by atoms with Crippen molar-refractivity contribution in [3.05, 3.63) is 29.6 Å². The smallest absolute Gasteiger partial charge is 0.165 e. The van der Waals surface area contributed by atoms with Crippen LogP contribution in [0.4, 0.5) is 4.39 Å². The van der Waals surface area contributed by atoms with E-state index in [9.17, 15) is 4.39 Å². The summed E-state index contributed by atoms with van der Waals surface area (Å²) in [7, 11) is 0. The first kappa shape index (κ1) is 10.4. The summed E-state index contributed by atoms with van der Waals surface area (Å²) in [6, 6.07) is 4.57. The second kappa shape index (κ2) is 4.59. The zero-order chi connectivity index (χ0) is 10.7. The van der Waals surface area contributed by atoms with E-state index in [4.69, 9.17) is 5.11 Å². The average Bonchev–Trinajstić information content (AvgIpc) is 2.25. The monoisotopic (exact) mass is 210 g/mol. The SMILES string of the molecule is Oc1ccc(CN2CCNCC2)cc1F. The maximum atomic E-state index is 13.1. The van der Waals surface area contributed by atoms with E-state index in [2.05, 4.69) is 10.2 Å². The number of piperazine rings is 1. The summed E-state index contributed by atoms with van der Waals surface area (Å²) >= 11 is 0. The Kier molecular flexibility index (Phi) is 3.18. The van der Waals surface area contributed by atoms with Crippen molar-refractivity contribution in [3.63, 3.8) is 0 Å². The number of phenolic OH excluding ortho intramolecular Hbond substituents is 1. The highest BCUT2D eigenvalue weighted by molar-refractivity contribution is 5.27. The van der Waals surface area contributed by atoms with Gasteiger partial charge in [0.05, 0.1) is 0 Å². The van der Waals surface area contributed by atoms with Gasteiger partial charge in [-0.3, -0.25) is 4.90 Å². The molecule has 0 spiro atoms. The summed E-state index contributed by atoms with van der Waals surface area (Å²) in [6.45, 7) is 4.70. The van der Waals surface area contributed by atoms with Gasteiger partial charge in [0.25, 0.3) is 0 Å². The van der Waals surface area contributed by atoms with E-state index in [1.807, 2.05) is 0 Å². The van der Waals surface area contributed by atoms with Crippen LogP contribution in [-0.2, 0) is 6.54 Å². The molecule has 0 atom stereocenters. The Morgan fingerprint density at radius 3 is 2.73 bits per heavy atom. The predicted octanol–water partition coefficient (Wildman–Crippen LogP) is 0.936. The molecule has 82 valence electrons. The highest BCUT2D eigenvalue weighted by Gasteiger charge is 2.10. The van der Waals surface area contributed by atoms with Crippen LogP contribution in [0.5, 0.6) is 5.75 Å². The summed E-state index contributed by atoms with van der Waals surface area (Å²) in [5, 5.41) is 12.3. The average molecular weight is 210 g/mol. The molecule has 1 saturated heterocycles. The van der Waals surface area contributed by atoms with Crippen molar-refractivity contribution in [1.29, 1.82) is 0 Å². The Hall–Kier alpha value is -1.13. The summed E-state index contributed by atoms with van der Waals surface area (Å²) in [5.41, 5.74) is 0.909. The molecule has 3 nitrogen and oxygen atoms in total. The van der Waals surface area contributed by atoms with Crippen LogP contribution in [0.3, 0.4) is 0 Å². The van der Waals surface area contributed by atoms with Crippen LogP contribution < -0.4 is 5.32 Å². The molecule has 1 fully saturated rings. The quantitative estimate of drug-likeness (QED) is 0.762. The fourth-order valence-electron chi connectivity index (χ4n) is 1.78. The number of nitrogens with zero attached hydrogens (tertiary/aromatic N) is 1. The molecule has 4 heteroatoms. The Morgan fingerprint density at radius 2 is 2.07 bits per heavy atom. The van der Waals surface area contributed by atoms with Crippen molar-refractivity contribution < 1.29 is 9.50 Å². The molecule has 0 saturated carbocycles. The van der Waals surface area contributed by atoms with Gasteiger partial charge in [0, 0.05) is 32.7 Å². The molecule has 2 N–H and O–H groups in total. The highest BCUT2D eigenvalue weighted by atomic mass is 19.1. The molecule has 0 bridgehead atoms. The molecule has 0 aliphatic carbocycles. The third-order valence-corrected chi connectivity index (χ3v) is 2.63. The van der Waals surface area contributed by atoms with E-state index in [-0.39, 0.29) is 5.75 Å². The normalized spacial score (nSPS) is 17.9. The maximum absolute atomic E-state index is 13.1. The van der Waals surface area contributed by atoms with E-state index in [1.54, 1.807) is 6.07 Å². The van der Waals surface area contributed by atoms with Gasteiger partial charge in [-0.1, -0.05) is 6.07 Å². The summed E-state index contributed by atoms with van der Waals surface area (Å²) in [5.74, 6) is -0.818. The van der Waals surface area contributed by atoms with Crippen molar-refractivity contribution in [2.75, 3.05) is 26.2 Å². The van der Waals surface area contributed by atoms with Crippen LogP contribution in [-0.4, -0.2) is 36.2 Å². The second-order valence-corrected chi connectivity index (χ2v) is 3.81. The van der Waals surface area contributed by atoms with Crippen LogP contribution in [0.2, 0.25) is 0 Å². The van der Waals surface area contributed by atoms with Gasteiger partial charge in [0.1, 0.15) is 0 Å². The third kappa shape index (κ3) is 2.67. The molecule has 0 radical (unpaired) electrons. The number of rotatable bonds is 2. The summed E-state index contributed by atoms with van der Waals surface area (Å²) in [4.78, 5) is 2.27. The molecule has 1 aromatic carbocycles. The van der Waals surface area contributed by atoms with E-state index < -0.39 is 5.82 Å². The van der Waals surface area contributed by atoms with Gasteiger partial charge in [-0.25, -0.2) is 4.39 Å². The zero-order valence-corrected chi connectivity index (χ0v) is 8.54. The molecule has 2 rings (SSSR count). The number of aromatic hydroxyl groups is 1. The van der Waals surface area contributed by atoms with Gasteiger partial charge >= 0.3 is 0 Å². The van der Waals surface area contributed by atoms with Gasteiger partial charge in [-0.15, -0.1) is 0 Å². The summed E-state index contributed by atoms with van der Waals surface area (Å²) in [6.07, 6.45) is 0. The van der Waals surface area contributed by atoms with Crippen LogP contribution >= 0.6 is 0 Å². The lowest BCUT2D eigenvalue weighted by Gasteiger charge is -2.27. The van der Waals surface area contributed by atoms with E-state index >= 15 is 0 Å². The molecule has 0 unspecified atom stereocenters. The molecular weight excluding hydrogens is 195 g/mol. The number of nitrogens with one attached hydrogen (secondary N) is 1. The number of halogens is 1. The molecule has 1 aliphatic heterocycles. The molecule has 0 aromatic heterocycles. The second-order valence-electron chi connectivity index (χ2n) is 3.81. The maximum Gasteiger partial charge on any atom is 0.165 e. The Balaban J connectivity index is 2.00. The number of benzene rings is 1. The third-order valence-electron chi connectivity index (χ3n) is 2.63. The Morgan fingerprint density at radius 1 is 1.33 bits per heavy atom. The number of hydrogen-bond donors (Lipinski definition) is 2. The van der Waals surface area contributed by atoms with Gasteiger partial charge in [0.2, 0.25) is 0 Å². The fourth-order valence-corrected chi connectivity index (χ4v) is 1.78. The van der Waals surface area contributed by atoms with Gasteiger partial charge in [0.15, 0.2) is 11.6 Å². The molecule has 1 aromatic rings. The zero-order valence-electron chi connectivity index (χ0n) is 8.54. The standard InChI is InChI=1S/C11H15FN2O/c12-10-7-9(1-2-11(10)15)8-14-5-3-13-4-6-14/h1-2,7,13,15H,3-6,8H2. The van der Waals surface area contributed by atoms with Crippen molar-refractivity contribution >= 4 is 0 Å². The lowest BCUT2D eigenvalue weighted by atomic mass is 10.2. The summed E-state index contributed by atoms with van der Waals surface area (Å²) < 4.78 is 13.1. The van der Waals surface area contributed by atoms with E-state index in [1.165, 1.54) is 12.1 Å². The molecule has 1 heterocycles. The molecule has 1 aliphatic rings.